The van der Waals surface area contributed by atoms with Crippen molar-refractivity contribution in [1.29, 1.82) is 0 Å². The Morgan fingerprint density at radius 1 is 0.500 bits per heavy atom. The Morgan fingerprint density at radius 3 is 1.31 bits per heavy atom. The van der Waals surface area contributed by atoms with E-state index in [2.05, 4.69) is 55.6 Å². The predicted molar refractivity (Wildman–Crippen MR) is 279 cm³/mol. The average Bonchev–Trinajstić information content (AvgIpc) is 3.34. The zero-order chi connectivity index (χ0) is 49.7. The van der Waals surface area contributed by atoms with E-state index in [0.717, 1.165) is 44.9 Å². The van der Waals surface area contributed by atoms with Crippen molar-refractivity contribution >= 4 is 5.91 Å². The third-order valence-corrected chi connectivity index (χ3v) is 13.7. The third kappa shape index (κ3) is 34.6. The quantitative estimate of drug-likeness (QED) is 0.0215. The summed E-state index contributed by atoms with van der Waals surface area (Å²) in [5.74, 6) is -0.709. The molecule has 400 valence electrons. The van der Waals surface area contributed by atoms with E-state index in [9.17, 15) is 40.5 Å². The molecule has 0 spiro atoms. The molecule has 11 nitrogen and oxygen atoms in total. The van der Waals surface area contributed by atoms with E-state index < -0.39 is 74.2 Å². The Kier molecular flexibility index (Phi) is 43.9. The van der Waals surface area contributed by atoms with Gasteiger partial charge in [-0.05, 0) is 64.2 Å². The first-order valence-corrected chi connectivity index (χ1v) is 28.4. The molecule has 0 aromatic heterocycles. The van der Waals surface area contributed by atoms with E-state index in [0.29, 0.717) is 19.3 Å². The van der Waals surface area contributed by atoms with Crippen molar-refractivity contribution in [1.82, 2.24) is 5.32 Å². The van der Waals surface area contributed by atoms with Gasteiger partial charge in [0.15, 0.2) is 6.29 Å². The maximum atomic E-state index is 13.2. The molecule has 9 unspecified atom stereocenters. The fourth-order valence-electron chi connectivity index (χ4n) is 9.00. The van der Waals surface area contributed by atoms with Gasteiger partial charge in [-0.3, -0.25) is 4.79 Å². The monoisotopic (exact) mass is 966 g/mol. The first-order chi connectivity index (χ1) is 33.2. The van der Waals surface area contributed by atoms with Crippen LogP contribution in [0.4, 0.5) is 0 Å². The summed E-state index contributed by atoms with van der Waals surface area (Å²) in [6.07, 6.45) is 44.8. The SMILES string of the molecule is CCCCCCCCC/C=C/CC/C=C/CC/C=C/CCCC(O)C(O)C(COC1OC(CO)C(O)C(O)C1O)NC(=O)C(O)CCCCCCCCCCCCCCCCCCCCCCC. The Labute approximate surface area is 416 Å². The van der Waals surface area contributed by atoms with Crippen LogP contribution in [0.1, 0.15) is 251 Å². The molecular weight excluding hydrogens is 859 g/mol. The van der Waals surface area contributed by atoms with Gasteiger partial charge < -0.3 is 50.5 Å². The highest BCUT2D eigenvalue weighted by Gasteiger charge is 2.44. The number of allylic oxidation sites excluding steroid dienone is 6. The Bertz CT molecular complexity index is 1200. The molecule has 8 N–H and O–H groups in total. The van der Waals surface area contributed by atoms with Gasteiger partial charge in [-0.15, -0.1) is 0 Å². The van der Waals surface area contributed by atoms with E-state index in [1.54, 1.807) is 0 Å². The molecular formula is C57H107NO10. The normalized spacial score (nSPS) is 20.8. The Balaban J connectivity index is 2.37. The molecule has 1 saturated heterocycles. The molecule has 68 heavy (non-hydrogen) atoms. The molecule has 0 saturated carbocycles. The summed E-state index contributed by atoms with van der Waals surface area (Å²) in [6.45, 7) is 3.45. The molecule has 9 atom stereocenters. The second-order valence-corrected chi connectivity index (χ2v) is 20.0. The van der Waals surface area contributed by atoms with Crippen molar-refractivity contribution in [2.75, 3.05) is 13.2 Å². The van der Waals surface area contributed by atoms with Crippen LogP contribution in [0.5, 0.6) is 0 Å². The minimum atomic E-state index is -1.67. The van der Waals surface area contributed by atoms with Crippen LogP contribution in [0.2, 0.25) is 0 Å². The summed E-state index contributed by atoms with van der Waals surface area (Å²) < 4.78 is 11.1. The van der Waals surface area contributed by atoms with Crippen molar-refractivity contribution in [2.45, 2.75) is 306 Å². The van der Waals surface area contributed by atoms with Crippen molar-refractivity contribution in [3.63, 3.8) is 0 Å². The molecule has 1 amide bonds. The summed E-state index contributed by atoms with van der Waals surface area (Å²) in [5, 5.41) is 76.0. The number of carbonyl (C=O) groups excluding carboxylic acids is 1. The Hall–Kier alpha value is -1.67. The summed E-state index contributed by atoms with van der Waals surface area (Å²) in [4.78, 5) is 13.2. The highest BCUT2D eigenvalue weighted by Crippen LogP contribution is 2.23. The zero-order valence-electron chi connectivity index (χ0n) is 43.6. The largest absolute Gasteiger partial charge is 0.394 e. The predicted octanol–water partition coefficient (Wildman–Crippen LogP) is 11.5. The molecule has 0 aromatic carbocycles. The first-order valence-electron chi connectivity index (χ1n) is 28.4. The standard InChI is InChI=1S/C57H107NO10/c1-3-5-7-9-11-13-15-17-19-21-23-25-27-29-31-33-35-37-39-41-43-45-50(61)56(66)58-48(47-67-57-55(65)54(64)53(63)51(46-59)68-57)52(62)49(60)44-42-40-38-36-34-32-30-28-26-24-22-20-18-16-14-12-10-8-6-4-2/h20,22,28,30,36,38,48-55,57,59-65H,3-19,21,23-27,29,31-35,37,39-47H2,1-2H3,(H,58,66)/b22-20+,30-28+,38-36+. The van der Waals surface area contributed by atoms with E-state index in [4.69, 9.17) is 9.47 Å². The lowest BCUT2D eigenvalue weighted by Gasteiger charge is -2.40. The van der Waals surface area contributed by atoms with Gasteiger partial charge in [0.1, 0.15) is 36.6 Å². The van der Waals surface area contributed by atoms with Crippen molar-refractivity contribution < 1.29 is 50.0 Å². The molecule has 0 aromatic rings. The fraction of sp³-hybridized carbons (Fsp3) is 0.877. The highest BCUT2D eigenvalue weighted by atomic mass is 16.7. The van der Waals surface area contributed by atoms with Crippen LogP contribution < -0.4 is 5.32 Å². The smallest absolute Gasteiger partial charge is 0.249 e. The molecule has 1 fully saturated rings. The number of hydrogen-bond acceptors (Lipinski definition) is 10. The van der Waals surface area contributed by atoms with E-state index in [1.165, 1.54) is 161 Å². The van der Waals surface area contributed by atoms with Gasteiger partial charge in [0.2, 0.25) is 5.91 Å². The number of amides is 1. The van der Waals surface area contributed by atoms with Crippen molar-refractivity contribution in [3.8, 4) is 0 Å². The van der Waals surface area contributed by atoms with Crippen LogP contribution >= 0.6 is 0 Å². The van der Waals surface area contributed by atoms with Gasteiger partial charge in [-0.2, -0.15) is 0 Å². The van der Waals surface area contributed by atoms with Gasteiger partial charge in [0, 0.05) is 0 Å². The minimum absolute atomic E-state index is 0.242. The number of nitrogens with one attached hydrogen (secondary N) is 1. The van der Waals surface area contributed by atoms with Crippen molar-refractivity contribution in [3.05, 3.63) is 36.5 Å². The zero-order valence-corrected chi connectivity index (χ0v) is 43.6. The molecule has 1 aliphatic rings. The second kappa shape index (κ2) is 46.4. The van der Waals surface area contributed by atoms with Gasteiger partial charge in [0.05, 0.1) is 25.4 Å². The summed E-state index contributed by atoms with van der Waals surface area (Å²) in [5.41, 5.74) is 0. The number of rotatable bonds is 48. The van der Waals surface area contributed by atoms with Gasteiger partial charge in [-0.1, -0.05) is 224 Å². The lowest BCUT2D eigenvalue weighted by Crippen LogP contribution is -2.60. The number of hydrogen-bond donors (Lipinski definition) is 8. The van der Waals surface area contributed by atoms with E-state index in [1.807, 2.05) is 0 Å². The lowest BCUT2D eigenvalue weighted by atomic mass is 9.98. The molecule has 1 aliphatic heterocycles. The Morgan fingerprint density at radius 2 is 0.882 bits per heavy atom. The summed E-state index contributed by atoms with van der Waals surface area (Å²) in [7, 11) is 0. The summed E-state index contributed by atoms with van der Waals surface area (Å²) in [6, 6.07) is -1.19. The molecule has 0 radical (unpaired) electrons. The first kappa shape index (κ1) is 64.3. The number of unbranched alkanes of at least 4 members (excludes halogenated alkanes) is 30. The van der Waals surface area contributed by atoms with Crippen LogP contribution in [0.15, 0.2) is 36.5 Å². The molecule has 0 aliphatic carbocycles. The van der Waals surface area contributed by atoms with Gasteiger partial charge in [-0.25, -0.2) is 0 Å². The number of aliphatic hydroxyl groups is 7. The van der Waals surface area contributed by atoms with E-state index in [-0.39, 0.29) is 12.8 Å². The number of aliphatic hydroxyl groups excluding tert-OH is 7. The molecule has 1 rings (SSSR count). The average molecular weight is 966 g/mol. The molecule has 11 heteroatoms. The fourth-order valence-corrected chi connectivity index (χ4v) is 9.00. The summed E-state index contributed by atoms with van der Waals surface area (Å²) >= 11 is 0. The second-order valence-electron chi connectivity index (χ2n) is 20.0. The third-order valence-electron chi connectivity index (χ3n) is 13.7. The minimum Gasteiger partial charge on any atom is -0.394 e. The number of ether oxygens (including phenoxy) is 2. The van der Waals surface area contributed by atoms with Crippen molar-refractivity contribution in [2.24, 2.45) is 0 Å². The number of carbonyl (C=O) groups is 1. The van der Waals surface area contributed by atoms with Crippen LogP contribution in [0.3, 0.4) is 0 Å². The van der Waals surface area contributed by atoms with Crippen LogP contribution in [0, 0.1) is 0 Å². The van der Waals surface area contributed by atoms with Gasteiger partial charge >= 0.3 is 0 Å². The van der Waals surface area contributed by atoms with Crippen LogP contribution in [0.25, 0.3) is 0 Å². The topological polar surface area (TPSA) is 189 Å². The molecule has 0 bridgehead atoms. The maximum absolute atomic E-state index is 13.2. The lowest BCUT2D eigenvalue weighted by molar-refractivity contribution is -0.303. The van der Waals surface area contributed by atoms with Crippen LogP contribution in [-0.2, 0) is 14.3 Å². The van der Waals surface area contributed by atoms with Crippen LogP contribution in [-0.4, -0.2) is 110 Å². The van der Waals surface area contributed by atoms with Gasteiger partial charge in [0.25, 0.3) is 0 Å². The maximum Gasteiger partial charge on any atom is 0.249 e. The van der Waals surface area contributed by atoms with E-state index >= 15 is 0 Å². The highest BCUT2D eigenvalue weighted by molar-refractivity contribution is 5.80. The molecule has 1 heterocycles.